The Morgan fingerprint density at radius 3 is 2.19 bits per heavy atom. The van der Waals surface area contributed by atoms with Crippen molar-refractivity contribution in [2.75, 3.05) is 17.8 Å². The van der Waals surface area contributed by atoms with Crippen LogP contribution in [0.4, 0.5) is 0 Å². The van der Waals surface area contributed by atoms with Crippen LogP contribution in [0.25, 0.3) is 5.69 Å². The van der Waals surface area contributed by atoms with E-state index in [2.05, 4.69) is 9.82 Å². The summed E-state index contributed by atoms with van der Waals surface area (Å²) in [5.74, 6) is -0.353. The lowest BCUT2D eigenvalue weighted by atomic mass is 10.1. The molecule has 1 atom stereocenters. The summed E-state index contributed by atoms with van der Waals surface area (Å²) in [7, 11) is -6.71. The number of benzene rings is 1. The number of hydrogen-bond donors (Lipinski definition) is 1. The summed E-state index contributed by atoms with van der Waals surface area (Å²) in [4.78, 5) is 0. The van der Waals surface area contributed by atoms with Crippen LogP contribution in [0.5, 0.6) is 0 Å². The summed E-state index contributed by atoms with van der Waals surface area (Å²) in [6.07, 6.45) is 1.18. The Bertz CT molecular complexity index is 962. The van der Waals surface area contributed by atoms with Crippen LogP contribution in [0.3, 0.4) is 0 Å². The van der Waals surface area contributed by atoms with Crippen molar-refractivity contribution in [2.45, 2.75) is 33.2 Å². The zero-order chi connectivity index (χ0) is 19.5. The van der Waals surface area contributed by atoms with Crippen LogP contribution in [-0.2, 0) is 19.9 Å². The molecule has 1 heterocycles. The minimum absolute atomic E-state index is 0.0811. The molecular formula is C17H25N3O4S2. The van der Waals surface area contributed by atoms with E-state index in [1.54, 1.807) is 6.92 Å². The second-order valence-electron chi connectivity index (χ2n) is 6.57. The third kappa shape index (κ3) is 5.93. The Balaban J connectivity index is 2.03. The second-order valence-corrected chi connectivity index (χ2v) is 10.7. The topological polar surface area (TPSA) is 98.1 Å². The molecule has 0 bridgehead atoms. The van der Waals surface area contributed by atoms with Crippen molar-refractivity contribution < 1.29 is 16.8 Å². The van der Waals surface area contributed by atoms with E-state index in [0.717, 1.165) is 28.9 Å². The molecule has 1 aromatic carbocycles. The van der Waals surface area contributed by atoms with Crippen LogP contribution in [0, 0.1) is 13.8 Å². The Morgan fingerprint density at radius 1 is 1.08 bits per heavy atom. The fraction of sp³-hybridized carbons (Fsp3) is 0.471. The lowest BCUT2D eigenvalue weighted by molar-refractivity contribution is 0.565. The van der Waals surface area contributed by atoms with E-state index in [1.165, 1.54) is 0 Å². The number of hydrogen-bond acceptors (Lipinski definition) is 5. The van der Waals surface area contributed by atoms with Crippen molar-refractivity contribution in [1.29, 1.82) is 0 Å². The van der Waals surface area contributed by atoms with Crippen molar-refractivity contribution in [2.24, 2.45) is 0 Å². The first kappa shape index (κ1) is 20.6. The van der Waals surface area contributed by atoms with Gasteiger partial charge in [0.25, 0.3) is 0 Å². The third-order valence-electron chi connectivity index (χ3n) is 3.93. The first-order valence-electron chi connectivity index (χ1n) is 8.28. The summed E-state index contributed by atoms with van der Waals surface area (Å²) in [6, 6.07) is 9.08. The average Bonchev–Trinajstić information content (AvgIpc) is 2.84. The summed E-state index contributed by atoms with van der Waals surface area (Å²) in [5.41, 5.74) is 3.68. The number of sulfone groups is 1. The normalized spacial score (nSPS) is 13.7. The molecule has 9 heteroatoms. The Morgan fingerprint density at radius 2 is 1.69 bits per heavy atom. The highest BCUT2D eigenvalue weighted by atomic mass is 32.2. The van der Waals surface area contributed by atoms with E-state index in [-0.39, 0.29) is 17.9 Å². The summed E-state index contributed by atoms with van der Waals surface area (Å²) in [6.45, 7) is 5.66. The molecule has 0 aliphatic carbocycles. The molecule has 0 radical (unpaired) electrons. The highest BCUT2D eigenvalue weighted by Gasteiger charge is 2.17. The van der Waals surface area contributed by atoms with Crippen molar-refractivity contribution >= 4 is 19.9 Å². The molecule has 0 amide bonds. The van der Waals surface area contributed by atoms with Gasteiger partial charge in [0.1, 0.15) is 9.84 Å². The van der Waals surface area contributed by atoms with Gasteiger partial charge in [-0.3, -0.25) is 0 Å². The Hall–Kier alpha value is -1.71. The fourth-order valence-corrected chi connectivity index (χ4v) is 4.87. The van der Waals surface area contributed by atoms with Gasteiger partial charge in [-0.25, -0.2) is 26.2 Å². The van der Waals surface area contributed by atoms with Gasteiger partial charge in [0.15, 0.2) is 0 Å². The smallest absolute Gasteiger partial charge is 0.212 e. The van der Waals surface area contributed by atoms with Crippen LogP contribution in [-0.4, -0.2) is 44.4 Å². The van der Waals surface area contributed by atoms with Crippen molar-refractivity contribution in [3.63, 3.8) is 0 Å². The molecule has 144 valence electrons. The lowest BCUT2D eigenvalue weighted by Gasteiger charge is -2.15. The largest absolute Gasteiger partial charge is 0.238 e. The first-order chi connectivity index (χ1) is 12.0. The van der Waals surface area contributed by atoms with Crippen molar-refractivity contribution in [3.05, 3.63) is 47.3 Å². The minimum Gasteiger partial charge on any atom is -0.238 e. The molecule has 7 nitrogen and oxygen atoms in total. The van der Waals surface area contributed by atoms with E-state index in [1.807, 2.05) is 48.9 Å². The Kier molecular flexibility index (Phi) is 6.25. The second kappa shape index (κ2) is 7.89. The van der Waals surface area contributed by atoms with E-state index in [9.17, 15) is 16.8 Å². The average molecular weight is 400 g/mol. The maximum atomic E-state index is 12.1. The van der Waals surface area contributed by atoms with Gasteiger partial charge >= 0.3 is 0 Å². The SMILES string of the molecule is Cc1cc(C)n(-c2ccc(C(C)NS(=O)(=O)CCCS(C)(=O)=O)cc2)n1. The monoisotopic (exact) mass is 399 g/mol. The summed E-state index contributed by atoms with van der Waals surface area (Å²) < 4.78 is 50.9. The van der Waals surface area contributed by atoms with Crippen molar-refractivity contribution in [3.8, 4) is 5.69 Å². The van der Waals surface area contributed by atoms with Crippen LogP contribution >= 0.6 is 0 Å². The number of aromatic nitrogens is 2. The predicted molar refractivity (Wildman–Crippen MR) is 103 cm³/mol. The number of rotatable bonds is 8. The first-order valence-corrected chi connectivity index (χ1v) is 12.0. The van der Waals surface area contributed by atoms with E-state index in [4.69, 9.17) is 0 Å². The van der Waals surface area contributed by atoms with E-state index >= 15 is 0 Å². The van der Waals surface area contributed by atoms with Gasteiger partial charge < -0.3 is 0 Å². The van der Waals surface area contributed by atoms with Gasteiger partial charge in [0.2, 0.25) is 10.0 Å². The molecule has 1 aromatic heterocycles. The van der Waals surface area contributed by atoms with Crippen LogP contribution in [0.15, 0.2) is 30.3 Å². The maximum absolute atomic E-state index is 12.1. The molecule has 0 fully saturated rings. The molecule has 0 aliphatic rings. The molecule has 2 aromatic rings. The van der Waals surface area contributed by atoms with Crippen molar-refractivity contribution in [1.82, 2.24) is 14.5 Å². The highest BCUT2D eigenvalue weighted by molar-refractivity contribution is 7.91. The van der Waals surface area contributed by atoms with Gasteiger partial charge in [0.05, 0.1) is 22.9 Å². The highest BCUT2D eigenvalue weighted by Crippen LogP contribution is 2.18. The number of sulfonamides is 1. The molecule has 0 saturated heterocycles. The molecule has 1 N–H and O–H groups in total. The third-order valence-corrected chi connectivity index (χ3v) is 6.50. The fourth-order valence-electron chi connectivity index (χ4n) is 2.70. The van der Waals surface area contributed by atoms with E-state index in [0.29, 0.717) is 0 Å². The molecule has 0 saturated carbocycles. The molecule has 0 aliphatic heterocycles. The standard InChI is InChI=1S/C17H25N3O4S2/c1-13-12-14(2)20(18-13)17-8-6-16(7-9-17)15(3)19-26(23,24)11-5-10-25(4,21)22/h6-9,12,15,19H,5,10-11H2,1-4H3. The van der Waals surface area contributed by atoms with Gasteiger partial charge in [-0.2, -0.15) is 5.10 Å². The lowest BCUT2D eigenvalue weighted by Crippen LogP contribution is -2.29. The quantitative estimate of drug-likeness (QED) is 0.731. The molecule has 1 unspecified atom stereocenters. The number of nitrogens with one attached hydrogen (secondary N) is 1. The van der Waals surface area contributed by atoms with Gasteiger partial charge in [-0.1, -0.05) is 12.1 Å². The van der Waals surface area contributed by atoms with Gasteiger partial charge in [-0.05, 0) is 51.0 Å². The number of aryl methyl sites for hydroxylation is 2. The zero-order valence-corrected chi connectivity index (χ0v) is 17.1. The Labute approximate surface area is 155 Å². The van der Waals surface area contributed by atoms with E-state index < -0.39 is 25.9 Å². The predicted octanol–water partition coefficient (Wildman–Crippen LogP) is 1.90. The molecule has 26 heavy (non-hydrogen) atoms. The molecular weight excluding hydrogens is 374 g/mol. The molecule has 0 spiro atoms. The van der Waals surface area contributed by atoms with Gasteiger partial charge in [-0.15, -0.1) is 0 Å². The number of nitrogens with zero attached hydrogens (tertiary/aromatic N) is 2. The van der Waals surface area contributed by atoms with Crippen LogP contribution in [0.1, 0.15) is 36.3 Å². The zero-order valence-electron chi connectivity index (χ0n) is 15.4. The van der Waals surface area contributed by atoms with Gasteiger partial charge in [0, 0.05) is 18.0 Å². The van der Waals surface area contributed by atoms with Crippen LogP contribution in [0.2, 0.25) is 0 Å². The summed E-state index contributed by atoms with van der Waals surface area (Å²) in [5, 5.41) is 4.42. The maximum Gasteiger partial charge on any atom is 0.212 e. The summed E-state index contributed by atoms with van der Waals surface area (Å²) >= 11 is 0. The molecule has 2 rings (SSSR count). The minimum atomic E-state index is -3.55. The van der Waals surface area contributed by atoms with Crippen LogP contribution < -0.4 is 4.72 Å².